The van der Waals surface area contributed by atoms with Gasteiger partial charge in [-0.1, -0.05) is 31.9 Å². The number of unbranched alkanes of at least 4 members (excludes halogenated alkanes) is 1. The van der Waals surface area contributed by atoms with Gasteiger partial charge in [0, 0.05) is 3.57 Å². The third-order valence-electron chi connectivity index (χ3n) is 2.76. The molecule has 1 unspecified atom stereocenters. The molecule has 0 saturated heterocycles. The fraction of sp³-hybridized carbons (Fsp3) is 0.429. The summed E-state index contributed by atoms with van der Waals surface area (Å²) in [5, 5.41) is 11.6. The number of benzene rings is 1. The van der Waals surface area contributed by atoms with Crippen LogP contribution in [0.4, 0.5) is 0 Å². The molecule has 0 fully saturated rings. The zero-order valence-corrected chi connectivity index (χ0v) is 13.0. The molecule has 1 rings (SSSR count). The molecule has 4 nitrogen and oxygen atoms in total. The monoisotopic (exact) mass is 375 g/mol. The Morgan fingerprint density at radius 1 is 1.32 bits per heavy atom. The van der Waals surface area contributed by atoms with Gasteiger partial charge in [0.05, 0.1) is 6.42 Å². The van der Waals surface area contributed by atoms with E-state index in [1.165, 1.54) is 0 Å². The van der Waals surface area contributed by atoms with Crippen molar-refractivity contribution < 1.29 is 14.7 Å². The number of carbonyl (C=O) groups is 2. The molecular formula is C14H18INO3. The summed E-state index contributed by atoms with van der Waals surface area (Å²) in [5.74, 6) is -1.21. The lowest BCUT2D eigenvalue weighted by atomic mass is 10.1. The molecule has 2 N–H and O–H groups in total. The van der Waals surface area contributed by atoms with Gasteiger partial charge < -0.3 is 10.4 Å². The predicted molar refractivity (Wildman–Crippen MR) is 82.0 cm³/mol. The normalized spacial score (nSPS) is 11.9. The number of carboxylic acids is 1. The molecule has 0 saturated carbocycles. The third-order valence-corrected chi connectivity index (χ3v) is 3.48. The van der Waals surface area contributed by atoms with Gasteiger partial charge in [0.15, 0.2) is 0 Å². The molecule has 1 amide bonds. The van der Waals surface area contributed by atoms with Crippen molar-refractivity contribution in [3.05, 3.63) is 33.4 Å². The Morgan fingerprint density at radius 2 is 1.95 bits per heavy atom. The van der Waals surface area contributed by atoms with Crippen molar-refractivity contribution in [3.63, 3.8) is 0 Å². The van der Waals surface area contributed by atoms with Gasteiger partial charge in [0.1, 0.15) is 6.04 Å². The van der Waals surface area contributed by atoms with E-state index in [4.69, 9.17) is 5.11 Å². The van der Waals surface area contributed by atoms with E-state index in [-0.39, 0.29) is 12.3 Å². The maximum Gasteiger partial charge on any atom is 0.326 e. The van der Waals surface area contributed by atoms with Crippen molar-refractivity contribution >= 4 is 34.5 Å². The van der Waals surface area contributed by atoms with Crippen LogP contribution < -0.4 is 5.32 Å². The van der Waals surface area contributed by atoms with Crippen molar-refractivity contribution in [2.75, 3.05) is 0 Å². The van der Waals surface area contributed by atoms with Crippen LogP contribution in [0.3, 0.4) is 0 Å². The molecule has 0 aromatic heterocycles. The number of carboxylic acid groups (broad SMARTS) is 1. The van der Waals surface area contributed by atoms with E-state index in [0.717, 1.165) is 22.0 Å². The number of halogens is 1. The standard InChI is InChI=1S/C14H18INO3/c1-2-3-4-12(14(18)19)16-13(17)9-10-5-7-11(15)8-6-10/h5-8,12H,2-4,9H2,1H3,(H,16,17)(H,18,19). The molecule has 1 aromatic carbocycles. The second-order valence-corrected chi connectivity index (χ2v) is 5.65. The Bertz CT molecular complexity index is 431. The van der Waals surface area contributed by atoms with Crippen molar-refractivity contribution in [2.45, 2.75) is 38.6 Å². The SMILES string of the molecule is CCCCC(NC(=O)Cc1ccc(I)cc1)C(=O)O. The average Bonchev–Trinajstić information content (AvgIpc) is 2.37. The van der Waals surface area contributed by atoms with Gasteiger partial charge in [-0.15, -0.1) is 0 Å². The van der Waals surface area contributed by atoms with E-state index in [1.54, 1.807) is 0 Å². The zero-order valence-electron chi connectivity index (χ0n) is 10.9. The van der Waals surface area contributed by atoms with E-state index < -0.39 is 12.0 Å². The summed E-state index contributed by atoms with van der Waals surface area (Å²) in [5.41, 5.74) is 0.887. The first-order valence-corrected chi connectivity index (χ1v) is 7.37. The van der Waals surface area contributed by atoms with Crippen LogP contribution in [0, 0.1) is 3.57 Å². The zero-order chi connectivity index (χ0) is 14.3. The summed E-state index contributed by atoms with van der Waals surface area (Å²) in [6, 6.07) is 6.83. The molecule has 104 valence electrons. The highest BCUT2D eigenvalue weighted by atomic mass is 127. The highest BCUT2D eigenvalue weighted by Gasteiger charge is 2.19. The molecular weight excluding hydrogens is 357 g/mol. The second-order valence-electron chi connectivity index (χ2n) is 4.40. The fourth-order valence-electron chi connectivity index (χ4n) is 1.70. The molecule has 1 aromatic rings. The first kappa shape index (κ1) is 15.9. The Hall–Kier alpha value is -1.11. The van der Waals surface area contributed by atoms with Crippen LogP contribution in [-0.4, -0.2) is 23.0 Å². The van der Waals surface area contributed by atoms with Crippen LogP contribution >= 0.6 is 22.6 Å². The van der Waals surface area contributed by atoms with Crippen LogP contribution in [0.5, 0.6) is 0 Å². The largest absolute Gasteiger partial charge is 0.480 e. The van der Waals surface area contributed by atoms with Crippen LogP contribution in [0.2, 0.25) is 0 Å². The summed E-state index contributed by atoms with van der Waals surface area (Å²) < 4.78 is 1.10. The van der Waals surface area contributed by atoms with Crippen LogP contribution in [0.1, 0.15) is 31.7 Å². The minimum atomic E-state index is -0.968. The van der Waals surface area contributed by atoms with E-state index >= 15 is 0 Å². The Morgan fingerprint density at radius 3 is 2.47 bits per heavy atom. The molecule has 0 bridgehead atoms. The minimum absolute atomic E-state index is 0.215. The predicted octanol–water partition coefficient (Wildman–Crippen LogP) is 2.59. The van der Waals surface area contributed by atoms with E-state index in [1.807, 2.05) is 31.2 Å². The Kier molecular flexibility index (Phi) is 6.83. The lowest BCUT2D eigenvalue weighted by Crippen LogP contribution is -2.41. The molecule has 0 heterocycles. The van der Waals surface area contributed by atoms with Crippen LogP contribution in [0.15, 0.2) is 24.3 Å². The summed E-state index contributed by atoms with van der Waals surface area (Å²) in [6.45, 7) is 1.99. The fourth-order valence-corrected chi connectivity index (χ4v) is 2.06. The van der Waals surface area contributed by atoms with Gasteiger partial charge in [-0.25, -0.2) is 4.79 Å². The molecule has 5 heteroatoms. The van der Waals surface area contributed by atoms with Gasteiger partial charge >= 0.3 is 5.97 Å². The molecule has 0 spiro atoms. The number of nitrogens with one attached hydrogen (secondary N) is 1. The Labute approximate surface area is 126 Å². The first-order chi connectivity index (χ1) is 9.02. The van der Waals surface area contributed by atoms with Crippen LogP contribution in [-0.2, 0) is 16.0 Å². The van der Waals surface area contributed by atoms with Gasteiger partial charge in [0.2, 0.25) is 5.91 Å². The summed E-state index contributed by atoms with van der Waals surface area (Å²) in [4.78, 5) is 22.8. The van der Waals surface area contributed by atoms with Crippen molar-refractivity contribution in [1.82, 2.24) is 5.32 Å². The number of amides is 1. The Balaban J connectivity index is 2.52. The first-order valence-electron chi connectivity index (χ1n) is 6.29. The van der Waals surface area contributed by atoms with E-state index in [9.17, 15) is 9.59 Å². The van der Waals surface area contributed by atoms with Crippen molar-refractivity contribution in [1.29, 1.82) is 0 Å². The van der Waals surface area contributed by atoms with E-state index in [0.29, 0.717) is 6.42 Å². The molecule has 0 aliphatic carbocycles. The lowest BCUT2D eigenvalue weighted by Gasteiger charge is -2.14. The maximum absolute atomic E-state index is 11.8. The van der Waals surface area contributed by atoms with Gasteiger partial charge in [-0.2, -0.15) is 0 Å². The van der Waals surface area contributed by atoms with Gasteiger partial charge in [-0.3, -0.25) is 4.79 Å². The molecule has 1 atom stereocenters. The second kappa shape index (κ2) is 8.14. The molecule has 0 aliphatic heterocycles. The maximum atomic E-state index is 11.8. The topological polar surface area (TPSA) is 66.4 Å². The summed E-state index contributed by atoms with van der Waals surface area (Å²) >= 11 is 2.20. The smallest absolute Gasteiger partial charge is 0.326 e. The average molecular weight is 375 g/mol. The number of aliphatic carboxylic acids is 1. The molecule has 0 radical (unpaired) electrons. The number of rotatable bonds is 7. The molecule has 0 aliphatic rings. The highest BCUT2D eigenvalue weighted by Crippen LogP contribution is 2.08. The lowest BCUT2D eigenvalue weighted by molar-refractivity contribution is -0.142. The van der Waals surface area contributed by atoms with Crippen LogP contribution in [0.25, 0.3) is 0 Å². The van der Waals surface area contributed by atoms with Crippen molar-refractivity contribution in [2.24, 2.45) is 0 Å². The number of carbonyl (C=O) groups excluding carboxylic acids is 1. The quantitative estimate of drug-likeness (QED) is 0.720. The number of hydrogen-bond donors (Lipinski definition) is 2. The van der Waals surface area contributed by atoms with E-state index in [2.05, 4.69) is 27.9 Å². The third kappa shape index (κ3) is 6.04. The summed E-state index contributed by atoms with van der Waals surface area (Å²) in [7, 11) is 0. The minimum Gasteiger partial charge on any atom is -0.480 e. The van der Waals surface area contributed by atoms with Gasteiger partial charge in [0.25, 0.3) is 0 Å². The summed E-state index contributed by atoms with van der Waals surface area (Å²) in [6.07, 6.45) is 2.40. The van der Waals surface area contributed by atoms with Gasteiger partial charge in [-0.05, 0) is 46.7 Å². The number of hydrogen-bond acceptors (Lipinski definition) is 2. The highest BCUT2D eigenvalue weighted by molar-refractivity contribution is 14.1. The van der Waals surface area contributed by atoms with Crippen molar-refractivity contribution in [3.8, 4) is 0 Å². The molecule has 19 heavy (non-hydrogen) atoms.